The summed E-state index contributed by atoms with van der Waals surface area (Å²) in [4.78, 5) is 24.8. The minimum absolute atomic E-state index is 0.0592. The van der Waals surface area contributed by atoms with Crippen LogP contribution in [0.3, 0.4) is 0 Å². The van der Waals surface area contributed by atoms with E-state index < -0.39 is 0 Å². The van der Waals surface area contributed by atoms with Gasteiger partial charge in [-0.25, -0.2) is 0 Å². The number of amides is 2. The van der Waals surface area contributed by atoms with E-state index in [2.05, 4.69) is 10.6 Å². The number of carbonyl (C=O) groups excluding carboxylic acids is 2. The molecule has 1 atom stereocenters. The molecule has 0 aliphatic heterocycles. The van der Waals surface area contributed by atoms with Crippen molar-refractivity contribution in [1.82, 2.24) is 10.6 Å². The average Bonchev–Trinajstić information content (AvgIpc) is 2.99. The third-order valence-electron chi connectivity index (χ3n) is 3.73. The van der Waals surface area contributed by atoms with Crippen LogP contribution in [0, 0.1) is 6.92 Å². The molecule has 0 saturated carbocycles. The summed E-state index contributed by atoms with van der Waals surface area (Å²) in [5, 5.41) is 7.75. The fraction of sp³-hybridized carbons (Fsp3) is 0.333. The Bertz CT molecular complexity index is 677. The van der Waals surface area contributed by atoms with Crippen LogP contribution in [0.1, 0.15) is 51.4 Å². The third kappa shape index (κ3) is 4.66. The highest BCUT2D eigenvalue weighted by Gasteiger charge is 2.11. The van der Waals surface area contributed by atoms with Crippen molar-refractivity contribution >= 4 is 23.2 Å². The summed E-state index contributed by atoms with van der Waals surface area (Å²) >= 11 is 1.44. The van der Waals surface area contributed by atoms with Crippen LogP contribution >= 0.6 is 11.3 Å². The maximum Gasteiger partial charge on any atom is 0.261 e. The molecule has 0 bridgehead atoms. The Balaban J connectivity index is 1.91. The first-order valence-corrected chi connectivity index (χ1v) is 8.61. The quantitative estimate of drug-likeness (QED) is 0.851. The molecule has 1 heterocycles. The Morgan fingerprint density at radius 2 is 1.83 bits per heavy atom. The van der Waals surface area contributed by atoms with Crippen molar-refractivity contribution in [2.75, 3.05) is 0 Å². The Kier molecular flexibility index (Phi) is 5.93. The molecule has 122 valence electrons. The van der Waals surface area contributed by atoms with Crippen LogP contribution in [-0.2, 0) is 6.54 Å². The minimum atomic E-state index is -0.0656. The molecule has 0 aliphatic carbocycles. The second-order valence-electron chi connectivity index (χ2n) is 5.60. The van der Waals surface area contributed by atoms with Gasteiger partial charge < -0.3 is 10.6 Å². The highest BCUT2D eigenvalue weighted by molar-refractivity contribution is 7.12. The largest absolute Gasteiger partial charge is 0.350 e. The molecular formula is C18H22N2O2S. The smallest absolute Gasteiger partial charge is 0.261 e. The summed E-state index contributed by atoms with van der Waals surface area (Å²) in [6.45, 7) is 6.39. The lowest BCUT2D eigenvalue weighted by atomic mass is 10.1. The van der Waals surface area contributed by atoms with E-state index in [-0.39, 0.29) is 17.9 Å². The van der Waals surface area contributed by atoms with Gasteiger partial charge in [0, 0.05) is 18.2 Å². The standard InChI is InChI=1S/C18H22N2O2S/c1-4-13(3)20-17(21)15-7-5-14(6-8-15)11-19-18(22)16-12(2)9-10-23-16/h5-10,13H,4,11H2,1-3H3,(H,19,22)(H,20,21). The lowest BCUT2D eigenvalue weighted by Gasteiger charge is -2.11. The topological polar surface area (TPSA) is 58.2 Å². The van der Waals surface area contributed by atoms with Crippen LogP contribution in [0.25, 0.3) is 0 Å². The van der Waals surface area contributed by atoms with E-state index in [1.165, 1.54) is 11.3 Å². The van der Waals surface area contributed by atoms with E-state index in [4.69, 9.17) is 0 Å². The molecule has 0 radical (unpaired) electrons. The first-order chi connectivity index (χ1) is 11.0. The van der Waals surface area contributed by atoms with Crippen LogP contribution in [0.5, 0.6) is 0 Å². The van der Waals surface area contributed by atoms with Gasteiger partial charge in [0.1, 0.15) is 0 Å². The molecule has 5 heteroatoms. The molecule has 0 spiro atoms. The van der Waals surface area contributed by atoms with Crippen molar-refractivity contribution in [3.8, 4) is 0 Å². The SMILES string of the molecule is CCC(C)NC(=O)c1ccc(CNC(=O)c2sccc2C)cc1. The summed E-state index contributed by atoms with van der Waals surface area (Å²) in [6, 6.07) is 9.41. The van der Waals surface area contributed by atoms with Crippen LogP contribution < -0.4 is 10.6 Å². The fourth-order valence-electron chi connectivity index (χ4n) is 2.05. The summed E-state index contributed by atoms with van der Waals surface area (Å²) in [7, 11) is 0. The lowest BCUT2D eigenvalue weighted by Crippen LogP contribution is -2.31. The van der Waals surface area contributed by atoms with Gasteiger partial charge in [0.25, 0.3) is 11.8 Å². The van der Waals surface area contributed by atoms with Gasteiger partial charge in [-0.3, -0.25) is 9.59 Å². The molecule has 1 aromatic heterocycles. The number of hydrogen-bond donors (Lipinski definition) is 2. The van der Waals surface area contributed by atoms with Gasteiger partial charge in [0.2, 0.25) is 0 Å². The van der Waals surface area contributed by atoms with Crippen LogP contribution in [0.4, 0.5) is 0 Å². The summed E-state index contributed by atoms with van der Waals surface area (Å²) in [5.74, 6) is -0.125. The maximum atomic E-state index is 12.1. The van der Waals surface area contributed by atoms with Crippen molar-refractivity contribution in [1.29, 1.82) is 0 Å². The second kappa shape index (κ2) is 7.92. The predicted octanol–water partition coefficient (Wildman–Crippen LogP) is 3.51. The molecule has 23 heavy (non-hydrogen) atoms. The van der Waals surface area contributed by atoms with Crippen molar-refractivity contribution in [3.05, 3.63) is 57.3 Å². The third-order valence-corrected chi connectivity index (χ3v) is 4.74. The van der Waals surface area contributed by atoms with E-state index in [9.17, 15) is 9.59 Å². The molecule has 4 nitrogen and oxygen atoms in total. The first kappa shape index (κ1) is 17.2. The number of nitrogens with one attached hydrogen (secondary N) is 2. The van der Waals surface area contributed by atoms with Gasteiger partial charge in [0.05, 0.1) is 4.88 Å². The Morgan fingerprint density at radius 3 is 2.39 bits per heavy atom. The van der Waals surface area contributed by atoms with E-state index in [0.717, 1.165) is 22.4 Å². The molecular weight excluding hydrogens is 308 g/mol. The molecule has 0 saturated heterocycles. The van der Waals surface area contributed by atoms with E-state index >= 15 is 0 Å². The predicted molar refractivity (Wildman–Crippen MR) is 93.9 cm³/mol. The Labute approximate surface area is 140 Å². The highest BCUT2D eigenvalue weighted by atomic mass is 32.1. The second-order valence-corrected chi connectivity index (χ2v) is 6.51. The number of benzene rings is 1. The van der Waals surface area contributed by atoms with Gasteiger partial charge in [-0.15, -0.1) is 11.3 Å². The van der Waals surface area contributed by atoms with E-state index in [1.54, 1.807) is 12.1 Å². The number of carbonyl (C=O) groups is 2. The Hall–Kier alpha value is -2.14. The summed E-state index contributed by atoms with van der Waals surface area (Å²) in [6.07, 6.45) is 0.901. The van der Waals surface area contributed by atoms with E-state index in [1.807, 2.05) is 44.4 Å². The molecule has 2 aromatic rings. The van der Waals surface area contributed by atoms with Crippen LogP contribution in [0.15, 0.2) is 35.7 Å². The van der Waals surface area contributed by atoms with Crippen LogP contribution in [-0.4, -0.2) is 17.9 Å². The van der Waals surface area contributed by atoms with Gasteiger partial charge in [-0.05, 0) is 55.0 Å². The number of aryl methyl sites for hydroxylation is 1. The Morgan fingerprint density at radius 1 is 1.13 bits per heavy atom. The van der Waals surface area contributed by atoms with Crippen molar-refractivity contribution in [2.45, 2.75) is 39.8 Å². The zero-order valence-electron chi connectivity index (χ0n) is 13.7. The van der Waals surface area contributed by atoms with Crippen molar-refractivity contribution in [2.24, 2.45) is 0 Å². The minimum Gasteiger partial charge on any atom is -0.350 e. The molecule has 2 rings (SSSR count). The van der Waals surface area contributed by atoms with Gasteiger partial charge in [0.15, 0.2) is 0 Å². The molecule has 1 aromatic carbocycles. The number of rotatable bonds is 6. The van der Waals surface area contributed by atoms with Crippen molar-refractivity contribution < 1.29 is 9.59 Å². The molecule has 0 aliphatic rings. The molecule has 1 unspecified atom stereocenters. The maximum absolute atomic E-state index is 12.1. The van der Waals surface area contributed by atoms with Gasteiger partial charge in [-0.2, -0.15) is 0 Å². The molecule has 0 fully saturated rings. The van der Waals surface area contributed by atoms with E-state index in [0.29, 0.717) is 12.1 Å². The summed E-state index contributed by atoms with van der Waals surface area (Å²) in [5.41, 5.74) is 2.59. The molecule has 2 N–H and O–H groups in total. The fourth-order valence-corrected chi connectivity index (χ4v) is 2.89. The molecule has 2 amide bonds. The summed E-state index contributed by atoms with van der Waals surface area (Å²) < 4.78 is 0. The number of thiophene rings is 1. The average molecular weight is 330 g/mol. The van der Waals surface area contributed by atoms with Crippen LogP contribution in [0.2, 0.25) is 0 Å². The highest BCUT2D eigenvalue weighted by Crippen LogP contribution is 2.15. The monoisotopic (exact) mass is 330 g/mol. The normalized spacial score (nSPS) is 11.8. The lowest BCUT2D eigenvalue weighted by molar-refractivity contribution is 0.0934. The first-order valence-electron chi connectivity index (χ1n) is 7.73. The zero-order valence-corrected chi connectivity index (χ0v) is 14.5. The zero-order chi connectivity index (χ0) is 16.8. The van der Waals surface area contributed by atoms with Gasteiger partial charge >= 0.3 is 0 Å². The van der Waals surface area contributed by atoms with Gasteiger partial charge in [-0.1, -0.05) is 19.1 Å². The number of hydrogen-bond acceptors (Lipinski definition) is 3. The van der Waals surface area contributed by atoms with Crippen molar-refractivity contribution in [3.63, 3.8) is 0 Å².